The van der Waals surface area contributed by atoms with Crippen LogP contribution in [0.1, 0.15) is 31.7 Å². The van der Waals surface area contributed by atoms with Gasteiger partial charge in [-0.25, -0.2) is 0 Å². The monoisotopic (exact) mass is 345 g/mol. The molecular weight excluding hydrogens is 323 g/mol. The number of amides is 1. The van der Waals surface area contributed by atoms with Crippen molar-refractivity contribution in [3.8, 4) is 5.75 Å². The Bertz CT molecular complexity index is 542. The molecule has 134 valence electrons. The van der Waals surface area contributed by atoms with Gasteiger partial charge in [0, 0.05) is 19.1 Å². The Morgan fingerprint density at radius 3 is 2.71 bits per heavy atom. The molecule has 1 N–H and O–H groups in total. The number of ether oxygens (including phenoxy) is 2. The van der Waals surface area contributed by atoms with Crippen LogP contribution >= 0.6 is 0 Å². The molecule has 4 nitrogen and oxygen atoms in total. The van der Waals surface area contributed by atoms with Gasteiger partial charge in [-0.15, -0.1) is 0 Å². The molecule has 0 radical (unpaired) electrons. The van der Waals surface area contributed by atoms with Crippen LogP contribution in [0.3, 0.4) is 0 Å². The Balaban J connectivity index is 1.88. The Morgan fingerprint density at radius 1 is 1.38 bits per heavy atom. The molecule has 1 aromatic carbocycles. The average Bonchev–Trinajstić information content (AvgIpc) is 2.58. The van der Waals surface area contributed by atoms with Crippen molar-refractivity contribution in [2.24, 2.45) is 5.92 Å². The summed E-state index contributed by atoms with van der Waals surface area (Å²) < 4.78 is 49.0. The maximum atomic E-state index is 12.7. The minimum Gasteiger partial charge on any atom is -0.489 e. The summed E-state index contributed by atoms with van der Waals surface area (Å²) in [6.45, 7) is 3.29. The maximum absolute atomic E-state index is 12.7. The Labute approximate surface area is 139 Å². The molecular formula is C17H22F3NO3. The first kappa shape index (κ1) is 18.6. The third-order valence-corrected chi connectivity index (χ3v) is 4.02. The van der Waals surface area contributed by atoms with Crippen molar-refractivity contribution >= 4 is 5.91 Å². The fourth-order valence-corrected chi connectivity index (χ4v) is 2.53. The Morgan fingerprint density at radius 2 is 2.08 bits per heavy atom. The van der Waals surface area contributed by atoms with E-state index in [9.17, 15) is 18.0 Å². The van der Waals surface area contributed by atoms with Crippen LogP contribution in [0, 0.1) is 5.92 Å². The fraction of sp³-hybridized carbons (Fsp3) is 0.588. The van der Waals surface area contributed by atoms with Gasteiger partial charge < -0.3 is 14.8 Å². The van der Waals surface area contributed by atoms with Crippen molar-refractivity contribution in [2.45, 2.75) is 38.5 Å². The second kappa shape index (κ2) is 8.37. The standard InChI is InChI=1S/C17H22F3NO3/c1-2-14(11-21-16(22)12-6-8-23-9-7-12)24-15-5-3-4-13(10-15)17(18,19)20/h3-5,10,12,14H,2,6-9,11H2,1H3,(H,21,22)/t14-/m0/s1. The van der Waals surface area contributed by atoms with Crippen molar-refractivity contribution in [3.05, 3.63) is 29.8 Å². The lowest BCUT2D eigenvalue weighted by molar-refractivity contribution is -0.137. The van der Waals surface area contributed by atoms with Crippen molar-refractivity contribution < 1.29 is 27.4 Å². The second-order valence-electron chi connectivity index (χ2n) is 5.81. The first-order valence-corrected chi connectivity index (χ1v) is 8.09. The summed E-state index contributed by atoms with van der Waals surface area (Å²) in [4.78, 5) is 12.1. The summed E-state index contributed by atoms with van der Waals surface area (Å²) in [7, 11) is 0. The van der Waals surface area contributed by atoms with Gasteiger partial charge in [0.2, 0.25) is 5.91 Å². The van der Waals surface area contributed by atoms with Crippen LogP contribution < -0.4 is 10.1 Å². The predicted octanol–water partition coefficient (Wildman–Crippen LogP) is 3.41. The Hall–Kier alpha value is -1.76. The van der Waals surface area contributed by atoms with E-state index in [-0.39, 0.29) is 30.2 Å². The highest BCUT2D eigenvalue weighted by Gasteiger charge is 2.30. The zero-order valence-corrected chi connectivity index (χ0v) is 13.6. The normalized spacial score (nSPS) is 17.3. The van der Waals surface area contributed by atoms with E-state index in [1.807, 2.05) is 6.92 Å². The fourth-order valence-electron chi connectivity index (χ4n) is 2.53. The molecule has 0 spiro atoms. The first-order valence-electron chi connectivity index (χ1n) is 8.09. The summed E-state index contributed by atoms with van der Waals surface area (Å²) in [5.74, 6) is 0.0335. The average molecular weight is 345 g/mol. The third-order valence-electron chi connectivity index (χ3n) is 4.02. The summed E-state index contributed by atoms with van der Waals surface area (Å²) in [5.41, 5.74) is -0.749. The summed E-state index contributed by atoms with van der Waals surface area (Å²) >= 11 is 0. The van der Waals surface area contributed by atoms with E-state index in [0.717, 1.165) is 12.1 Å². The van der Waals surface area contributed by atoms with Crippen LogP contribution in [-0.4, -0.2) is 31.8 Å². The number of carbonyl (C=O) groups excluding carboxylic acids is 1. The molecule has 7 heteroatoms. The van der Waals surface area contributed by atoms with Crippen LogP contribution in [0.15, 0.2) is 24.3 Å². The second-order valence-corrected chi connectivity index (χ2v) is 5.81. The highest BCUT2D eigenvalue weighted by atomic mass is 19.4. The molecule has 2 rings (SSSR count). The summed E-state index contributed by atoms with van der Waals surface area (Å²) in [6.07, 6.45) is -2.83. The number of nitrogens with one attached hydrogen (secondary N) is 1. The minimum atomic E-state index is -4.40. The van der Waals surface area contributed by atoms with E-state index in [2.05, 4.69) is 5.32 Å². The number of hydrogen-bond donors (Lipinski definition) is 1. The molecule has 0 bridgehead atoms. The number of rotatable bonds is 6. The zero-order chi connectivity index (χ0) is 17.6. The van der Waals surface area contributed by atoms with Gasteiger partial charge in [0.05, 0.1) is 12.1 Å². The molecule has 0 saturated carbocycles. The number of benzene rings is 1. The molecule has 0 aliphatic carbocycles. The third kappa shape index (κ3) is 5.40. The van der Waals surface area contributed by atoms with Crippen LogP contribution in [-0.2, 0) is 15.7 Å². The molecule has 24 heavy (non-hydrogen) atoms. The minimum absolute atomic E-state index is 0.0515. The number of alkyl halides is 3. The van der Waals surface area contributed by atoms with Gasteiger partial charge >= 0.3 is 6.18 Å². The smallest absolute Gasteiger partial charge is 0.416 e. The maximum Gasteiger partial charge on any atom is 0.416 e. The largest absolute Gasteiger partial charge is 0.489 e. The molecule has 1 aromatic rings. The molecule has 1 aliphatic heterocycles. The van der Waals surface area contributed by atoms with Crippen molar-refractivity contribution in [3.63, 3.8) is 0 Å². The molecule has 1 amide bonds. The van der Waals surface area contributed by atoms with Gasteiger partial charge in [0.15, 0.2) is 0 Å². The van der Waals surface area contributed by atoms with Gasteiger partial charge in [-0.05, 0) is 37.5 Å². The number of carbonyl (C=O) groups is 1. The lowest BCUT2D eigenvalue weighted by Crippen LogP contribution is -2.40. The predicted molar refractivity (Wildman–Crippen MR) is 82.7 cm³/mol. The van der Waals surface area contributed by atoms with Crippen molar-refractivity contribution in [1.29, 1.82) is 0 Å². The van der Waals surface area contributed by atoms with Gasteiger partial charge in [-0.2, -0.15) is 13.2 Å². The van der Waals surface area contributed by atoms with Crippen LogP contribution in [0.5, 0.6) is 5.75 Å². The van der Waals surface area contributed by atoms with Gasteiger partial charge in [0.1, 0.15) is 11.9 Å². The molecule has 1 saturated heterocycles. The lowest BCUT2D eigenvalue weighted by atomic mass is 9.99. The van der Waals surface area contributed by atoms with E-state index in [0.29, 0.717) is 32.5 Å². The van der Waals surface area contributed by atoms with Gasteiger partial charge in [0.25, 0.3) is 0 Å². The summed E-state index contributed by atoms with van der Waals surface area (Å²) in [6, 6.07) is 4.77. The van der Waals surface area contributed by atoms with E-state index < -0.39 is 11.7 Å². The van der Waals surface area contributed by atoms with E-state index in [1.165, 1.54) is 12.1 Å². The van der Waals surface area contributed by atoms with Crippen LogP contribution in [0.2, 0.25) is 0 Å². The first-order chi connectivity index (χ1) is 11.4. The van der Waals surface area contributed by atoms with Crippen LogP contribution in [0.4, 0.5) is 13.2 Å². The summed E-state index contributed by atoms with van der Waals surface area (Å²) in [5, 5.41) is 2.83. The van der Waals surface area contributed by atoms with Gasteiger partial charge in [-0.1, -0.05) is 13.0 Å². The van der Waals surface area contributed by atoms with Crippen LogP contribution in [0.25, 0.3) is 0 Å². The molecule has 1 atom stereocenters. The Kier molecular flexibility index (Phi) is 6.48. The van der Waals surface area contributed by atoms with E-state index in [1.54, 1.807) is 0 Å². The van der Waals surface area contributed by atoms with E-state index in [4.69, 9.17) is 9.47 Å². The highest BCUT2D eigenvalue weighted by Crippen LogP contribution is 2.31. The molecule has 1 heterocycles. The molecule has 0 unspecified atom stereocenters. The van der Waals surface area contributed by atoms with E-state index >= 15 is 0 Å². The molecule has 1 fully saturated rings. The van der Waals surface area contributed by atoms with Crippen molar-refractivity contribution in [1.82, 2.24) is 5.32 Å². The van der Waals surface area contributed by atoms with Crippen molar-refractivity contribution in [2.75, 3.05) is 19.8 Å². The SMILES string of the molecule is CC[C@@H](CNC(=O)C1CCOCC1)Oc1cccc(C(F)(F)F)c1. The van der Waals surface area contributed by atoms with Gasteiger partial charge in [-0.3, -0.25) is 4.79 Å². The molecule has 0 aromatic heterocycles. The number of halogens is 3. The lowest BCUT2D eigenvalue weighted by Gasteiger charge is -2.23. The highest BCUT2D eigenvalue weighted by molar-refractivity contribution is 5.78. The molecule has 1 aliphatic rings. The quantitative estimate of drug-likeness (QED) is 0.860. The topological polar surface area (TPSA) is 47.6 Å². The number of hydrogen-bond acceptors (Lipinski definition) is 3. The zero-order valence-electron chi connectivity index (χ0n) is 13.6.